The SMILES string of the molecule is COc1cccc(COc2ccc(-c3nc(C(=O)N4CCN(C)CC4)cs3)cc2)c1. The first kappa shape index (κ1) is 20.4. The molecule has 0 radical (unpaired) electrons. The summed E-state index contributed by atoms with van der Waals surface area (Å²) < 4.78 is 11.1. The first-order chi connectivity index (χ1) is 14.6. The highest BCUT2D eigenvalue weighted by Crippen LogP contribution is 2.27. The largest absolute Gasteiger partial charge is 0.497 e. The van der Waals surface area contributed by atoms with Crippen molar-refractivity contribution in [2.24, 2.45) is 0 Å². The van der Waals surface area contributed by atoms with Crippen molar-refractivity contribution in [1.82, 2.24) is 14.8 Å². The van der Waals surface area contributed by atoms with E-state index in [1.807, 2.05) is 58.8 Å². The van der Waals surface area contributed by atoms with E-state index in [1.54, 1.807) is 7.11 Å². The predicted octanol–water partition coefficient (Wildman–Crippen LogP) is 3.79. The average molecular weight is 424 g/mol. The molecule has 0 unspecified atom stereocenters. The van der Waals surface area contributed by atoms with E-state index in [-0.39, 0.29) is 5.91 Å². The highest BCUT2D eigenvalue weighted by Gasteiger charge is 2.22. The summed E-state index contributed by atoms with van der Waals surface area (Å²) in [4.78, 5) is 21.4. The van der Waals surface area contributed by atoms with Crippen molar-refractivity contribution >= 4 is 17.2 Å². The highest BCUT2D eigenvalue weighted by atomic mass is 32.1. The quantitative estimate of drug-likeness (QED) is 0.604. The Morgan fingerprint density at radius 3 is 2.57 bits per heavy atom. The van der Waals surface area contributed by atoms with Crippen molar-refractivity contribution in [3.63, 3.8) is 0 Å². The Hall–Kier alpha value is -2.90. The molecule has 0 bridgehead atoms. The van der Waals surface area contributed by atoms with Gasteiger partial charge in [0.15, 0.2) is 0 Å². The Bertz CT molecular complexity index is 995. The number of carbonyl (C=O) groups excluding carboxylic acids is 1. The Morgan fingerprint density at radius 2 is 1.83 bits per heavy atom. The average Bonchev–Trinajstić information content (AvgIpc) is 3.28. The molecular formula is C23H25N3O3S. The number of benzene rings is 2. The molecule has 156 valence electrons. The van der Waals surface area contributed by atoms with Crippen LogP contribution in [0.5, 0.6) is 11.5 Å². The lowest BCUT2D eigenvalue weighted by atomic mass is 10.2. The monoisotopic (exact) mass is 423 g/mol. The molecule has 1 fully saturated rings. The maximum Gasteiger partial charge on any atom is 0.273 e. The highest BCUT2D eigenvalue weighted by molar-refractivity contribution is 7.13. The van der Waals surface area contributed by atoms with Gasteiger partial charge in [-0.3, -0.25) is 4.79 Å². The molecule has 1 aliphatic heterocycles. The number of ether oxygens (including phenoxy) is 2. The normalized spacial score (nSPS) is 14.5. The molecule has 1 aromatic heterocycles. The minimum absolute atomic E-state index is 0.0174. The van der Waals surface area contributed by atoms with E-state index >= 15 is 0 Å². The van der Waals surface area contributed by atoms with Crippen molar-refractivity contribution in [2.45, 2.75) is 6.61 Å². The fourth-order valence-electron chi connectivity index (χ4n) is 3.30. The van der Waals surface area contributed by atoms with Gasteiger partial charge in [0.25, 0.3) is 5.91 Å². The van der Waals surface area contributed by atoms with Crippen LogP contribution in [0, 0.1) is 0 Å². The zero-order valence-electron chi connectivity index (χ0n) is 17.2. The number of carbonyl (C=O) groups is 1. The first-order valence-corrected chi connectivity index (χ1v) is 10.8. The third-order valence-corrected chi connectivity index (χ3v) is 6.05. The zero-order chi connectivity index (χ0) is 20.9. The van der Waals surface area contributed by atoms with Gasteiger partial charge in [-0.1, -0.05) is 12.1 Å². The zero-order valence-corrected chi connectivity index (χ0v) is 18.0. The summed E-state index contributed by atoms with van der Waals surface area (Å²) in [5.74, 6) is 1.62. The molecule has 30 heavy (non-hydrogen) atoms. The van der Waals surface area contributed by atoms with Crippen LogP contribution in [0.2, 0.25) is 0 Å². The molecule has 0 atom stereocenters. The fourth-order valence-corrected chi connectivity index (χ4v) is 4.10. The van der Waals surface area contributed by atoms with E-state index in [1.165, 1.54) is 11.3 Å². The molecule has 7 heteroatoms. The molecule has 2 heterocycles. The van der Waals surface area contributed by atoms with E-state index in [0.29, 0.717) is 12.3 Å². The smallest absolute Gasteiger partial charge is 0.273 e. The van der Waals surface area contributed by atoms with Crippen LogP contribution in [-0.4, -0.2) is 61.0 Å². The number of rotatable bonds is 6. The summed E-state index contributed by atoms with van der Waals surface area (Å²) in [7, 11) is 3.73. The minimum Gasteiger partial charge on any atom is -0.497 e. The van der Waals surface area contributed by atoms with Gasteiger partial charge in [-0.15, -0.1) is 11.3 Å². The molecule has 2 aromatic carbocycles. The summed E-state index contributed by atoms with van der Waals surface area (Å²) in [5, 5.41) is 2.69. The number of likely N-dealkylation sites (N-methyl/N-ethyl adjacent to an activating group) is 1. The van der Waals surface area contributed by atoms with Gasteiger partial charge >= 0.3 is 0 Å². The van der Waals surface area contributed by atoms with Crippen molar-refractivity contribution < 1.29 is 14.3 Å². The van der Waals surface area contributed by atoms with Crippen LogP contribution in [0.25, 0.3) is 10.6 Å². The van der Waals surface area contributed by atoms with Gasteiger partial charge in [0, 0.05) is 37.1 Å². The lowest BCUT2D eigenvalue weighted by Gasteiger charge is -2.31. The van der Waals surface area contributed by atoms with Gasteiger partial charge < -0.3 is 19.3 Å². The summed E-state index contributed by atoms with van der Waals surface area (Å²) in [6.45, 7) is 3.78. The molecule has 0 saturated carbocycles. The molecule has 0 spiro atoms. The molecule has 6 nitrogen and oxygen atoms in total. The standard InChI is InChI=1S/C23H25N3O3S/c1-25-10-12-26(13-11-25)23(27)21-16-30-22(24-21)18-6-8-19(9-7-18)29-15-17-4-3-5-20(14-17)28-2/h3-9,14,16H,10-13,15H2,1-2H3. The number of hydrogen-bond donors (Lipinski definition) is 0. The van der Waals surface area contributed by atoms with Gasteiger partial charge in [-0.25, -0.2) is 4.98 Å². The van der Waals surface area contributed by atoms with E-state index < -0.39 is 0 Å². The van der Waals surface area contributed by atoms with Gasteiger partial charge in [-0.05, 0) is 49.0 Å². The third-order valence-electron chi connectivity index (χ3n) is 5.15. The topological polar surface area (TPSA) is 54.9 Å². The summed E-state index contributed by atoms with van der Waals surface area (Å²) in [6, 6.07) is 15.6. The molecule has 1 saturated heterocycles. The van der Waals surface area contributed by atoms with E-state index in [2.05, 4.69) is 16.9 Å². The number of nitrogens with zero attached hydrogens (tertiary/aromatic N) is 3. The summed E-state index contributed by atoms with van der Waals surface area (Å²) >= 11 is 1.49. The van der Waals surface area contributed by atoms with E-state index in [0.717, 1.165) is 53.8 Å². The second-order valence-electron chi connectivity index (χ2n) is 7.30. The number of thiazole rings is 1. The van der Waals surface area contributed by atoms with Crippen LogP contribution in [-0.2, 0) is 6.61 Å². The van der Waals surface area contributed by atoms with Crippen LogP contribution < -0.4 is 9.47 Å². The Labute approximate surface area is 180 Å². The number of piperazine rings is 1. The van der Waals surface area contributed by atoms with Crippen LogP contribution in [0.3, 0.4) is 0 Å². The number of amides is 1. The summed E-state index contributed by atoms with van der Waals surface area (Å²) in [6.07, 6.45) is 0. The van der Waals surface area contributed by atoms with Gasteiger partial charge in [-0.2, -0.15) is 0 Å². The molecule has 1 amide bonds. The minimum atomic E-state index is 0.0174. The van der Waals surface area contributed by atoms with Gasteiger partial charge in [0.2, 0.25) is 0 Å². The molecular weight excluding hydrogens is 398 g/mol. The Kier molecular flexibility index (Phi) is 6.30. The van der Waals surface area contributed by atoms with Crippen molar-refractivity contribution in [3.05, 3.63) is 65.2 Å². The second-order valence-corrected chi connectivity index (χ2v) is 8.16. The molecule has 3 aromatic rings. The van der Waals surface area contributed by atoms with Crippen LogP contribution >= 0.6 is 11.3 Å². The van der Waals surface area contributed by atoms with Gasteiger partial charge in [0.1, 0.15) is 28.8 Å². The number of methoxy groups -OCH3 is 1. The fraction of sp³-hybridized carbons (Fsp3) is 0.304. The van der Waals surface area contributed by atoms with Crippen LogP contribution in [0.1, 0.15) is 16.1 Å². The Balaban J connectivity index is 1.37. The third kappa shape index (κ3) is 4.80. The van der Waals surface area contributed by atoms with E-state index in [9.17, 15) is 4.79 Å². The molecule has 4 rings (SSSR count). The molecule has 1 aliphatic rings. The maximum atomic E-state index is 12.7. The maximum absolute atomic E-state index is 12.7. The number of hydrogen-bond acceptors (Lipinski definition) is 6. The second kappa shape index (κ2) is 9.28. The van der Waals surface area contributed by atoms with Crippen molar-refractivity contribution in [2.75, 3.05) is 40.3 Å². The van der Waals surface area contributed by atoms with E-state index in [4.69, 9.17) is 9.47 Å². The van der Waals surface area contributed by atoms with Crippen LogP contribution in [0.4, 0.5) is 0 Å². The number of aromatic nitrogens is 1. The van der Waals surface area contributed by atoms with Crippen molar-refractivity contribution in [3.8, 4) is 22.1 Å². The molecule has 0 N–H and O–H groups in total. The summed E-state index contributed by atoms with van der Waals surface area (Å²) in [5.41, 5.74) is 2.55. The lowest BCUT2D eigenvalue weighted by Crippen LogP contribution is -2.47. The predicted molar refractivity (Wildman–Crippen MR) is 118 cm³/mol. The first-order valence-electron chi connectivity index (χ1n) is 9.92. The lowest BCUT2D eigenvalue weighted by molar-refractivity contribution is 0.0659. The van der Waals surface area contributed by atoms with Crippen molar-refractivity contribution in [1.29, 1.82) is 0 Å². The van der Waals surface area contributed by atoms with Gasteiger partial charge in [0.05, 0.1) is 7.11 Å². The van der Waals surface area contributed by atoms with Crippen LogP contribution in [0.15, 0.2) is 53.9 Å². The molecule has 0 aliphatic carbocycles. The Morgan fingerprint density at radius 1 is 1.07 bits per heavy atom.